The van der Waals surface area contributed by atoms with E-state index in [1.54, 1.807) is 7.11 Å². The number of ether oxygens (including phenoxy) is 1. The molecule has 0 aliphatic heterocycles. The fourth-order valence-corrected chi connectivity index (χ4v) is 3.42. The highest BCUT2D eigenvalue weighted by Gasteiger charge is 2.38. The van der Waals surface area contributed by atoms with Crippen molar-refractivity contribution in [3.63, 3.8) is 0 Å². The van der Waals surface area contributed by atoms with E-state index in [9.17, 15) is 0 Å². The van der Waals surface area contributed by atoms with Crippen LogP contribution in [0, 0.1) is 5.92 Å². The molecule has 1 aliphatic carbocycles. The van der Waals surface area contributed by atoms with Gasteiger partial charge in [-0.2, -0.15) is 0 Å². The van der Waals surface area contributed by atoms with Gasteiger partial charge in [0.15, 0.2) is 5.82 Å². The van der Waals surface area contributed by atoms with Gasteiger partial charge in [-0.15, -0.1) is 0 Å². The summed E-state index contributed by atoms with van der Waals surface area (Å²) in [5, 5.41) is 0. The molecule has 0 N–H and O–H groups in total. The molecule has 0 atom stereocenters. The second-order valence-electron chi connectivity index (χ2n) is 4.72. The highest BCUT2D eigenvalue weighted by Crippen LogP contribution is 2.41. The molecule has 0 radical (unpaired) electrons. The first-order valence-corrected chi connectivity index (χ1v) is 7.40. The van der Waals surface area contributed by atoms with Gasteiger partial charge in [-0.05, 0) is 63.5 Å². The van der Waals surface area contributed by atoms with Crippen molar-refractivity contribution < 1.29 is 4.74 Å². The van der Waals surface area contributed by atoms with E-state index in [0.29, 0.717) is 0 Å². The minimum absolute atomic E-state index is 0.307. The molecule has 3 nitrogen and oxygen atoms in total. The Morgan fingerprint density at radius 1 is 1.24 bits per heavy atom. The summed E-state index contributed by atoms with van der Waals surface area (Å²) in [7, 11) is 1.76. The Kier molecular flexibility index (Phi) is 4.21. The molecule has 2 rings (SSSR count). The number of nitrogens with zero attached hydrogens (tertiary/aromatic N) is 2. The van der Waals surface area contributed by atoms with E-state index in [0.717, 1.165) is 33.8 Å². The normalized spacial score (nSPS) is 29.3. The molecule has 0 amide bonds. The van der Waals surface area contributed by atoms with Gasteiger partial charge in [0.25, 0.3) is 0 Å². The Morgan fingerprint density at radius 3 is 2.24 bits per heavy atom. The first kappa shape index (κ1) is 13.4. The number of methoxy groups -OCH3 is 1. The molecule has 1 saturated carbocycles. The molecular weight excluding hydrogens is 348 g/mol. The van der Waals surface area contributed by atoms with Gasteiger partial charge in [-0.1, -0.05) is 6.92 Å². The summed E-state index contributed by atoms with van der Waals surface area (Å²) < 4.78 is 7.35. The van der Waals surface area contributed by atoms with Crippen LogP contribution >= 0.6 is 31.9 Å². The smallest absolute Gasteiger partial charge is 0.162 e. The Bertz CT molecular complexity index is 383. The van der Waals surface area contributed by atoms with Crippen LogP contribution in [0.1, 0.15) is 38.4 Å². The van der Waals surface area contributed by atoms with Gasteiger partial charge in [0.2, 0.25) is 0 Å². The molecule has 1 heterocycles. The van der Waals surface area contributed by atoms with Crippen LogP contribution in [0.15, 0.2) is 15.3 Å². The van der Waals surface area contributed by atoms with Crippen molar-refractivity contribution in [2.24, 2.45) is 5.92 Å². The van der Waals surface area contributed by atoms with Crippen LogP contribution in [0.2, 0.25) is 0 Å². The SMILES string of the molecule is COC1(c2nc(Br)cc(Br)n2)CCC(C)CC1. The molecule has 94 valence electrons. The summed E-state index contributed by atoms with van der Waals surface area (Å²) in [6.45, 7) is 2.29. The van der Waals surface area contributed by atoms with E-state index in [1.807, 2.05) is 6.07 Å². The zero-order valence-corrected chi connectivity index (χ0v) is 13.2. The maximum atomic E-state index is 5.76. The molecule has 1 aromatic rings. The average Bonchev–Trinajstić information content (AvgIpc) is 2.29. The molecule has 0 bridgehead atoms. The van der Waals surface area contributed by atoms with E-state index in [2.05, 4.69) is 48.8 Å². The van der Waals surface area contributed by atoms with E-state index in [4.69, 9.17) is 4.74 Å². The van der Waals surface area contributed by atoms with Gasteiger partial charge in [0.1, 0.15) is 14.8 Å². The highest BCUT2D eigenvalue weighted by atomic mass is 79.9. The lowest BCUT2D eigenvalue weighted by Gasteiger charge is -2.36. The van der Waals surface area contributed by atoms with Crippen molar-refractivity contribution in [2.75, 3.05) is 7.11 Å². The van der Waals surface area contributed by atoms with Crippen LogP contribution in [-0.4, -0.2) is 17.1 Å². The number of hydrogen-bond acceptors (Lipinski definition) is 3. The minimum Gasteiger partial charge on any atom is -0.370 e. The third-order valence-corrected chi connectivity index (χ3v) is 4.36. The van der Waals surface area contributed by atoms with Crippen LogP contribution in [0.5, 0.6) is 0 Å². The van der Waals surface area contributed by atoms with E-state index in [1.165, 1.54) is 12.8 Å². The van der Waals surface area contributed by atoms with Crippen molar-refractivity contribution in [3.05, 3.63) is 21.1 Å². The lowest BCUT2D eigenvalue weighted by molar-refractivity contribution is -0.0599. The molecule has 1 aliphatic rings. The molecule has 17 heavy (non-hydrogen) atoms. The number of hydrogen-bond donors (Lipinski definition) is 0. The maximum Gasteiger partial charge on any atom is 0.162 e. The number of halogens is 2. The third-order valence-electron chi connectivity index (χ3n) is 3.54. The summed E-state index contributed by atoms with van der Waals surface area (Å²) in [5.74, 6) is 1.56. The first-order valence-electron chi connectivity index (χ1n) is 5.81. The fraction of sp³-hybridized carbons (Fsp3) is 0.667. The summed E-state index contributed by atoms with van der Waals surface area (Å²) in [5.41, 5.74) is -0.307. The molecule has 1 fully saturated rings. The molecule has 0 unspecified atom stereocenters. The Morgan fingerprint density at radius 2 is 1.76 bits per heavy atom. The topological polar surface area (TPSA) is 35.0 Å². The minimum atomic E-state index is -0.307. The quantitative estimate of drug-likeness (QED) is 0.743. The Labute approximate surface area is 119 Å². The van der Waals surface area contributed by atoms with Gasteiger partial charge in [-0.25, -0.2) is 9.97 Å². The molecule has 0 aromatic carbocycles. The largest absolute Gasteiger partial charge is 0.370 e. The molecule has 0 saturated heterocycles. The predicted molar refractivity (Wildman–Crippen MR) is 73.8 cm³/mol. The lowest BCUT2D eigenvalue weighted by atomic mass is 9.79. The van der Waals surface area contributed by atoms with Crippen molar-refractivity contribution in [1.82, 2.24) is 9.97 Å². The van der Waals surface area contributed by atoms with E-state index < -0.39 is 0 Å². The summed E-state index contributed by atoms with van der Waals surface area (Å²) in [6, 6.07) is 1.85. The number of rotatable bonds is 2. The molecule has 1 aromatic heterocycles. The van der Waals surface area contributed by atoms with Crippen LogP contribution in [-0.2, 0) is 10.3 Å². The van der Waals surface area contributed by atoms with Gasteiger partial charge in [-0.3, -0.25) is 0 Å². The number of aromatic nitrogens is 2. The van der Waals surface area contributed by atoms with E-state index in [-0.39, 0.29) is 5.60 Å². The second-order valence-corrected chi connectivity index (χ2v) is 6.34. The van der Waals surface area contributed by atoms with Crippen LogP contribution < -0.4 is 0 Å². The van der Waals surface area contributed by atoms with Crippen LogP contribution in [0.3, 0.4) is 0 Å². The van der Waals surface area contributed by atoms with Crippen molar-refractivity contribution in [2.45, 2.75) is 38.2 Å². The van der Waals surface area contributed by atoms with Crippen LogP contribution in [0.4, 0.5) is 0 Å². The van der Waals surface area contributed by atoms with Crippen molar-refractivity contribution in [1.29, 1.82) is 0 Å². The summed E-state index contributed by atoms with van der Waals surface area (Å²) in [6.07, 6.45) is 4.32. The van der Waals surface area contributed by atoms with Gasteiger partial charge >= 0.3 is 0 Å². The van der Waals surface area contributed by atoms with E-state index >= 15 is 0 Å². The Hall–Kier alpha value is -0.0000000000000000555. The van der Waals surface area contributed by atoms with Crippen molar-refractivity contribution >= 4 is 31.9 Å². The monoisotopic (exact) mass is 362 g/mol. The maximum absolute atomic E-state index is 5.76. The van der Waals surface area contributed by atoms with Gasteiger partial charge < -0.3 is 4.74 Å². The fourth-order valence-electron chi connectivity index (χ4n) is 2.34. The summed E-state index contributed by atoms with van der Waals surface area (Å²) >= 11 is 6.82. The predicted octanol–water partition coefficient (Wildman–Crippen LogP) is 4.05. The first-order chi connectivity index (χ1) is 8.05. The lowest BCUT2D eigenvalue weighted by Crippen LogP contribution is -2.35. The molecule has 0 spiro atoms. The third kappa shape index (κ3) is 2.88. The standard InChI is InChI=1S/C12H16Br2N2O/c1-8-3-5-12(17-2,6-4-8)11-15-9(13)7-10(14)16-11/h7-8H,3-6H2,1-2H3. The summed E-state index contributed by atoms with van der Waals surface area (Å²) in [4.78, 5) is 8.95. The highest BCUT2D eigenvalue weighted by molar-refractivity contribution is 9.11. The van der Waals surface area contributed by atoms with Crippen molar-refractivity contribution in [3.8, 4) is 0 Å². The second kappa shape index (κ2) is 5.33. The zero-order valence-electron chi connectivity index (χ0n) is 10.0. The van der Waals surface area contributed by atoms with Gasteiger partial charge in [0, 0.05) is 13.2 Å². The van der Waals surface area contributed by atoms with Crippen LogP contribution in [0.25, 0.3) is 0 Å². The average molecular weight is 364 g/mol. The molecule has 5 heteroatoms. The zero-order chi connectivity index (χ0) is 12.5. The van der Waals surface area contributed by atoms with Gasteiger partial charge in [0.05, 0.1) is 0 Å². The molecular formula is C12H16Br2N2O. The Balaban J connectivity index is 2.34.